The van der Waals surface area contributed by atoms with Crippen LogP contribution in [0.4, 0.5) is 0 Å². The van der Waals surface area contributed by atoms with Crippen LogP contribution in [0.1, 0.15) is 22.9 Å². The third-order valence-electron chi connectivity index (χ3n) is 4.32. The Morgan fingerprint density at radius 3 is 2.18 bits per heavy atom. The standard InChI is InChI=1S/C22H18N4O2/c27-21(20(16-8-3-1-4-9-16)17-10-5-2-6-11-17)24-15-19-25-26-22(28-19)18-12-7-13-23-14-18/h1-14,20H,15H2,(H,24,27). The second-order valence-electron chi connectivity index (χ2n) is 6.21. The van der Waals surface area contributed by atoms with Crippen LogP contribution >= 0.6 is 0 Å². The first-order valence-electron chi connectivity index (χ1n) is 8.91. The van der Waals surface area contributed by atoms with E-state index < -0.39 is 5.92 Å². The fourth-order valence-electron chi connectivity index (χ4n) is 2.98. The molecule has 0 atom stereocenters. The van der Waals surface area contributed by atoms with E-state index in [0.29, 0.717) is 11.8 Å². The number of nitrogens with zero attached hydrogens (tertiary/aromatic N) is 3. The molecule has 0 saturated heterocycles. The van der Waals surface area contributed by atoms with Gasteiger partial charge in [0.25, 0.3) is 0 Å². The van der Waals surface area contributed by atoms with Crippen molar-refractivity contribution in [1.29, 1.82) is 0 Å². The van der Waals surface area contributed by atoms with Gasteiger partial charge in [-0.3, -0.25) is 9.78 Å². The molecule has 4 aromatic rings. The molecule has 0 radical (unpaired) electrons. The van der Waals surface area contributed by atoms with E-state index in [2.05, 4.69) is 20.5 Å². The quantitative estimate of drug-likeness (QED) is 0.561. The monoisotopic (exact) mass is 370 g/mol. The Morgan fingerprint density at radius 2 is 1.57 bits per heavy atom. The average Bonchev–Trinajstić information content (AvgIpc) is 3.24. The van der Waals surface area contributed by atoms with Crippen LogP contribution in [0.2, 0.25) is 0 Å². The average molecular weight is 370 g/mol. The lowest BCUT2D eigenvalue weighted by Crippen LogP contribution is -2.29. The Morgan fingerprint density at radius 1 is 0.893 bits per heavy atom. The van der Waals surface area contributed by atoms with Gasteiger partial charge in [-0.05, 0) is 23.3 Å². The van der Waals surface area contributed by atoms with E-state index in [1.807, 2.05) is 66.7 Å². The highest BCUT2D eigenvalue weighted by Gasteiger charge is 2.22. The Bertz CT molecular complexity index is 994. The summed E-state index contributed by atoms with van der Waals surface area (Å²) in [4.78, 5) is 17.0. The number of pyridine rings is 1. The first-order valence-corrected chi connectivity index (χ1v) is 8.91. The number of benzene rings is 2. The molecule has 6 heteroatoms. The van der Waals surface area contributed by atoms with Gasteiger partial charge in [0.2, 0.25) is 17.7 Å². The molecular formula is C22H18N4O2. The van der Waals surface area contributed by atoms with Crippen LogP contribution in [0.15, 0.2) is 89.6 Å². The second kappa shape index (κ2) is 8.26. The van der Waals surface area contributed by atoms with Gasteiger partial charge in [0, 0.05) is 12.4 Å². The van der Waals surface area contributed by atoms with Gasteiger partial charge >= 0.3 is 0 Å². The zero-order valence-electron chi connectivity index (χ0n) is 15.0. The molecule has 1 N–H and O–H groups in total. The van der Waals surface area contributed by atoms with Crippen LogP contribution < -0.4 is 5.32 Å². The predicted octanol–water partition coefficient (Wildman–Crippen LogP) is 3.58. The largest absolute Gasteiger partial charge is 0.419 e. The van der Waals surface area contributed by atoms with Gasteiger partial charge in [-0.15, -0.1) is 10.2 Å². The molecule has 2 aromatic carbocycles. The second-order valence-corrected chi connectivity index (χ2v) is 6.21. The fraction of sp³-hybridized carbons (Fsp3) is 0.0909. The lowest BCUT2D eigenvalue weighted by atomic mass is 9.90. The Balaban J connectivity index is 1.50. The topological polar surface area (TPSA) is 80.9 Å². The van der Waals surface area contributed by atoms with Gasteiger partial charge in [-0.1, -0.05) is 60.7 Å². The number of aromatic nitrogens is 3. The summed E-state index contributed by atoms with van der Waals surface area (Å²) < 4.78 is 5.63. The van der Waals surface area contributed by atoms with Gasteiger partial charge in [0.15, 0.2) is 0 Å². The van der Waals surface area contributed by atoms with Crippen LogP contribution in [0.25, 0.3) is 11.5 Å². The van der Waals surface area contributed by atoms with Crippen LogP contribution in [0, 0.1) is 0 Å². The van der Waals surface area contributed by atoms with Crippen LogP contribution in [-0.2, 0) is 11.3 Å². The van der Waals surface area contributed by atoms with Crippen molar-refractivity contribution in [2.75, 3.05) is 0 Å². The molecule has 0 saturated carbocycles. The predicted molar refractivity (Wildman–Crippen MR) is 104 cm³/mol. The highest BCUT2D eigenvalue weighted by Crippen LogP contribution is 2.25. The van der Waals surface area contributed by atoms with E-state index in [1.165, 1.54) is 0 Å². The van der Waals surface area contributed by atoms with Crippen molar-refractivity contribution in [3.05, 3.63) is 102 Å². The molecule has 138 valence electrons. The summed E-state index contributed by atoms with van der Waals surface area (Å²) in [5.74, 6) is 0.175. The summed E-state index contributed by atoms with van der Waals surface area (Å²) in [5, 5.41) is 10.9. The first kappa shape index (κ1) is 17.6. The molecule has 0 bridgehead atoms. The minimum Gasteiger partial charge on any atom is -0.419 e. The number of carbonyl (C=O) groups is 1. The van der Waals surface area contributed by atoms with Crippen molar-refractivity contribution in [2.45, 2.75) is 12.5 Å². The van der Waals surface area contributed by atoms with E-state index in [9.17, 15) is 4.79 Å². The summed E-state index contributed by atoms with van der Waals surface area (Å²) in [7, 11) is 0. The normalized spacial score (nSPS) is 10.8. The van der Waals surface area contributed by atoms with Gasteiger partial charge in [0.1, 0.15) is 0 Å². The molecule has 0 aliphatic rings. The molecule has 6 nitrogen and oxygen atoms in total. The van der Waals surface area contributed by atoms with Crippen LogP contribution in [0.5, 0.6) is 0 Å². The third-order valence-corrected chi connectivity index (χ3v) is 4.32. The maximum absolute atomic E-state index is 13.0. The Hall–Kier alpha value is -3.80. The van der Waals surface area contributed by atoms with E-state index in [0.717, 1.165) is 16.7 Å². The van der Waals surface area contributed by atoms with Crippen molar-refractivity contribution in [1.82, 2.24) is 20.5 Å². The van der Waals surface area contributed by atoms with Gasteiger partial charge in [-0.25, -0.2) is 0 Å². The number of rotatable bonds is 6. The first-order chi connectivity index (χ1) is 13.8. The maximum atomic E-state index is 13.0. The van der Waals surface area contributed by atoms with Crippen molar-refractivity contribution >= 4 is 5.91 Å². The molecule has 0 aliphatic carbocycles. The maximum Gasteiger partial charge on any atom is 0.249 e. The zero-order valence-corrected chi connectivity index (χ0v) is 15.0. The minimum absolute atomic E-state index is 0.126. The van der Waals surface area contributed by atoms with Gasteiger partial charge < -0.3 is 9.73 Å². The minimum atomic E-state index is -0.414. The summed E-state index contributed by atoms with van der Waals surface area (Å²) in [5.41, 5.74) is 2.58. The molecule has 0 spiro atoms. The van der Waals surface area contributed by atoms with Crippen molar-refractivity contribution in [3.63, 3.8) is 0 Å². The molecule has 0 fully saturated rings. The van der Waals surface area contributed by atoms with Crippen molar-refractivity contribution < 1.29 is 9.21 Å². The van der Waals surface area contributed by atoms with E-state index in [4.69, 9.17) is 4.42 Å². The Kier molecular flexibility index (Phi) is 5.20. The van der Waals surface area contributed by atoms with Crippen molar-refractivity contribution in [2.24, 2.45) is 0 Å². The molecule has 4 rings (SSSR count). The lowest BCUT2D eigenvalue weighted by molar-refractivity contribution is -0.122. The number of nitrogens with one attached hydrogen (secondary N) is 1. The third kappa shape index (κ3) is 3.96. The number of carbonyl (C=O) groups excluding carboxylic acids is 1. The Labute approximate surface area is 162 Å². The summed E-state index contributed by atoms with van der Waals surface area (Å²) in [6.45, 7) is 0.155. The summed E-state index contributed by atoms with van der Waals surface area (Å²) >= 11 is 0. The number of hydrogen-bond donors (Lipinski definition) is 1. The molecule has 1 amide bonds. The molecule has 0 aliphatic heterocycles. The molecule has 2 heterocycles. The zero-order chi connectivity index (χ0) is 19.2. The lowest BCUT2D eigenvalue weighted by Gasteiger charge is -2.17. The highest BCUT2D eigenvalue weighted by molar-refractivity contribution is 5.87. The molecule has 2 aromatic heterocycles. The smallest absolute Gasteiger partial charge is 0.249 e. The van der Waals surface area contributed by atoms with Crippen molar-refractivity contribution in [3.8, 4) is 11.5 Å². The van der Waals surface area contributed by atoms with E-state index in [-0.39, 0.29) is 12.5 Å². The molecule has 0 unspecified atom stereocenters. The molecular weight excluding hydrogens is 352 g/mol. The summed E-state index contributed by atoms with van der Waals surface area (Å²) in [6, 6.07) is 23.0. The SMILES string of the molecule is O=C(NCc1nnc(-c2cccnc2)o1)C(c1ccccc1)c1ccccc1. The van der Waals surface area contributed by atoms with Gasteiger partial charge in [-0.2, -0.15) is 0 Å². The number of hydrogen-bond acceptors (Lipinski definition) is 5. The number of amides is 1. The van der Waals surface area contributed by atoms with Gasteiger partial charge in [0.05, 0.1) is 18.0 Å². The highest BCUT2D eigenvalue weighted by atomic mass is 16.4. The molecule has 28 heavy (non-hydrogen) atoms. The van der Waals surface area contributed by atoms with Crippen LogP contribution in [0.3, 0.4) is 0 Å². The van der Waals surface area contributed by atoms with Crippen LogP contribution in [-0.4, -0.2) is 21.1 Å². The fourth-order valence-corrected chi connectivity index (χ4v) is 2.98. The summed E-state index contributed by atoms with van der Waals surface area (Å²) in [6.07, 6.45) is 3.32. The van der Waals surface area contributed by atoms with E-state index in [1.54, 1.807) is 18.5 Å². The van der Waals surface area contributed by atoms with E-state index >= 15 is 0 Å².